The van der Waals surface area contributed by atoms with Crippen molar-refractivity contribution in [3.05, 3.63) is 76.1 Å². The maximum atomic E-state index is 12.7. The summed E-state index contributed by atoms with van der Waals surface area (Å²) in [7, 11) is 0. The highest BCUT2D eigenvalue weighted by atomic mass is 35.5. The molecule has 1 unspecified atom stereocenters. The average Bonchev–Trinajstić information content (AvgIpc) is 3.00. The van der Waals surface area contributed by atoms with Crippen LogP contribution in [0.3, 0.4) is 0 Å². The van der Waals surface area contributed by atoms with E-state index < -0.39 is 12.0 Å². The second kappa shape index (κ2) is 7.14. The van der Waals surface area contributed by atoms with Crippen LogP contribution < -0.4 is 5.32 Å². The van der Waals surface area contributed by atoms with Gasteiger partial charge in [-0.1, -0.05) is 17.7 Å². The van der Waals surface area contributed by atoms with Crippen LogP contribution in [-0.4, -0.2) is 14.5 Å². The van der Waals surface area contributed by atoms with Crippen molar-refractivity contribution in [2.45, 2.75) is 25.7 Å². The van der Waals surface area contributed by atoms with Crippen LogP contribution in [0.4, 0.5) is 13.2 Å². The van der Waals surface area contributed by atoms with Crippen molar-refractivity contribution >= 4 is 24.0 Å². The summed E-state index contributed by atoms with van der Waals surface area (Å²) in [6.45, 7) is 2.48. The number of benzene rings is 1. The molecule has 1 atom stereocenters. The van der Waals surface area contributed by atoms with Crippen LogP contribution in [0.1, 0.15) is 34.3 Å². The minimum absolute atomic E-state index is 0. The zero-order valence-electron chi connectivity index (χ0n) is 14.1. The number of rotatable bonds is 1. The molecule has 4 rings (SSSR count). The molecule has 27 heavy (non-hydrogen) atoms. The summed E-state index contributed by atoms with van der Waals surface area (Å²) in [5, 5.41) is 4.00. The fourth-order valence-electron chi connectivity index (χ4n) is 3.30. The van der Waals surface area contributed by atoms with Crippen molar-refractivity contribution in [1.82, 2.24) is 19.9 Å². The Hall–Kier alpha value is -2.09. The molecular formula is C18H15Cl2F3N4. The van der Waals surface area contributed by atoms with Crippen molar-refractivity contribution in [1.29, 1.82) is 0 Å². The first-order valence-corrected chi connectivity index (χ1v) is 8.32. The maximum absolute atomic E-state index is 12.7. The van der Waals surface area contributed by atoms with E-state index in [4.69, 9.17) is 11.6 Å². The van der Waals surface area contributed by atoms with E-state index in [2.05, 4.69) is 15.3 Å². The lowest BCUT2D eigenvalue weighted by Gasteiger charge is -2.18. The normalized spacial score (nSPS) is 16.1. The fraction of sp³-hybridized carbons (Fsp3) is 0.222. The molecule has 1 aliphatic rings. The van der Waals surface area contributed by atoms with E-state index in [-0.39, 0.29) is 18.4 Å². The Morgan fingerprint density at radius 3 is 2.56 bits per heavy atom. The highest BCUT2D eigenvalue weighted by Crippen LogP contribution is 2.35. The largest absolute Gasteiger partial charge is 0.451 e. The summed E-state index contributed by atoms with van der Waals surface area (Å²) in [4.78, 5) is 6.97. The van der Waals surface area contributed by atoms with Gasteiger partial charge in [-0.2, -0.15) is 13.2 Å². The van der Waals surface area contributed by atoms with Gasteiger partial charge in [0.05, 0.1) is 11.7 Å². The molecule has 0 bridgehead atoms. The van der Waals surface area contributed by atoms with E-state index in [0.717, 1.165) is 22.5 Å². The lowest BCUT2D eigenvalue weighted by molar-refractivity contribution is -0.145. The third kappa shape index (κ3) is 3.42. The molecule has 142 valence electrons. The Morgan fingerprint density at radius 1 is 1.19 bits per heavy atom. The first-order chi connectivity index (χ1) is 12.4. The molecule has 0 saturated carbocycles. The van der Waals surface area contributed by atoms with Crippen LogP contribution in [0.25, 0.3) is 5.69 Å². The van der Waals surface area contributed by atoms with E-state index in [9.17, 15) is 13.2 Å². The summed E-state index contributed by atoms with van der Waals surface area (Å²) in [5.74, 6) is -1.15. The lowest BCUT2D eigenvalue weighted by atomic mass is 10.1. The van der Waals surface area contributed by atoms with E-state index >= 15 is 0 Å². The number of fused-ring (bicyclic) bond motifs is 3. The van der Waals surface area contributed by atoms with Crippen molar-refractivity contribution < 1.29 is 13.2 Å². The molecule has 1 N–H and O–H groups in total. The van der Waals surface area contributed by atoms with Crippen molar-refractivity contribution in [2.24, 2.45) is 0 Å². The van der Waals surface area contributed by atoms with Gasteiger partial charge in [-0.15, -0.1) is 12.4 Å². The van der Waals surface area contributed by atoms with Gasteiger partial charge in [-0.3, -0.25) is 0 Å². The lowest BCUT2D eigenvalue weighted by Crippen LogP contribution is -2.22. The number of alkyl halides is 3. The average molecular weight is 415 g/mol. The second-order valence-electron chi connectivity index (χ2n) is 6.15. The third-order valence-electron chi connectivity index (χ3n) is 4.49. The number of aryl methyl sites for hydroxylation is 1. The van der Waals surface area contributed by atoms with Gasteiger partial charge in [0.2, 0.25) is 5.82 Å². The number of aromatic nitrogens is 3. The first kappa shape index (κ1) is 19.7. The van der Waals surface area contributed by atoms with Gasteiger partial charge in [0.15, 0.2) is 0 Å². The van der Waals surface area contributed by atoms with Crippen molar-refractivity contribution in [3.63, 3.8) is 0 Å². The molecule has 0 fully saturated rings. The SMILES string of the molecule is Cc1ccc(Cl)c2c1-n1cccc1C(c1cnc(C(F)(F)F)nc1)NC2.Cl. The molecule has 0 saturated heterocycles. The number of hydrogen-bond donors (Lipinski definition) is 1. The maximum Gasteiger partial charge on any atom is 0.451 e. The molecule has 3 aromatic rings. The molecule has 2 aromatic heterocycles. The molecule has 4 nitrogen and oxygen atoms in total. The van der Waals surface area contributed by atoms with Gasteiger partial charge in [-0.05, 0) is 30.7 Å². The topological polar surface area (TPSA) is 42.7 Å². The van der Waals surface area contributed by atoms with E-state index in [1.54, 1.807) is 0 Å². The van der Waals surface area contributed by atoms with Crippen molar-refractivity contribution in [3.8, 4) is 5.69 Å². The zero-order valence-corrected chi connectivity index (χ0v) is 15.7. The van der Waals surface area contributed by atoms with E-state index in [0.29, 0.717) is 17.1 Å². The third-order valence-corrected chi connectivity index (χ3v) is 4.84. The number of nitrogens with one attached hydrogen (secondary N) is 1. The molecule has 1 aliphatic heterocycles. The van der Waals surface area contributed by atoms with Crippen LogP contribution in [-0.2, 0) is 12.7 Å². The Balaban J connectivity index is 0.00000210. The van der Waals surface area contributed by atoms with Crippen LogP contribution in [0.5, 0.6) is 0 Å². The zero-order chi connectivity index (χ0) is 18.5. The quantitative estimate of drug-likeness (QED) is 0.617. The predicted molar refractivity (Wildman–Crippen MR) is 98.5 cm³/mol. The van der Waals surface area contributed by atoms with Gasteiger partial charge in [0.1, 0.15) is 0 Å². The monoisotopic (exact) mass is 414 g/mol. The Morgan fingerprint density at radius 2 is 1.89 bits per heavy atom. The standard InChI is InChI=1S/C18H14ClF3N4.ClH/c1-10-4-5-13(19)12-9-23-15(14-3-2-6-26(14)16(10)12)11-7-24-17(25-8-11)18(20,21)22;/h2-8,15,23H,9H2,1H3;1H. The smallest absolute Gasteiger partial charge is 0.318 e. The molecule has 0 spiro atoms. The first-order valence-electron chi connectivity index (χ1n) is 7.94. The molecule has 0 radical (unpaired) electrons. The van der Waals surface area contributed by atoms with Gasteiger partial charge in [0.25, 0.3) is 0 Å². The van der Waals surface area contributed by atoms with Gasteiger partial charge < -0.3 is 9.88 Å². The van der Waals surface area contributed by atoms with E-state index in [1.165, 1.54) is 12.4 Å². The molecule has 3 heterocycles. The Labute approximate surface area is 164 Å². The van der Waals surface area contributed by atoms with Crippen molar-refractivity contribution in [2.75, 3.05) is 0 Å². The van der Waals surface area contributed by atoms with Crippen LogP contribution in [0.2, 0.25) is 5.02 Å². The van der Waals surface area contributed by atoms with Gasteiger partial charge in [0, 0.05) is 47.0 Å². The summed E-state index contributed by atoms with van der Waals surface area (Å²) in [6.07, 6.45) is -0.205. The number of halogens is 5. The Kier molecular flexibility index (Phi) is 5.20. The summed E-state index contributed by atoms with van der Waals surface area (Å²) in [5.41, 5.74) is 4.43. The van der Waals surface area contributed by atoms with Gasteiger partial charge >= 0.3 is 6.18 Å². The molecule has 9 heteroatoms. The fourth-order valence-corrected chi connectivity index (χ4v) is 3.52. The minimum Gasteiger partial charge on any atom is -0.318 e. The highest BCUT2D eigenvalue weighted by molar-refractivity contribution is 6.31. The molecule has 0 amide bonds. The predicted octanol–water partition coefficient (Wildman–Crippen LogP) is 4.86. The second-order valence-corrected chi connectivity index (χ2v) is 6.55. The molecule has 1 aromatic carbocycles. The minimum atomic E-state index is -4.56. The van der Waals surface area contributed by atoms with E-state index in [1.807, 2.05) is 42.0 Å². The summed E-state index contributed by atoms with van der Waals surface area (Å²) >= 11 is 6.38. The molecular weight excluding hydrogens is 400 g/mol. The molecule has 0 aliphatic carbocycles. The summed E-state index contributed by atoms with van der Waals surface area (Å²) < 4.78 is 40.2. The summed E-state index contributed by atoms with van der Waals surface area (Å²) in [6, 6.07) is 7.26. The number of nitrogens with zero attached hydrogens (tertiary/aromatic N) is 3. The van der Waals surface area contributed by atoms with Crippen LogP contribution in [0, 0.1) is 6.92 Å². The van der Waals surface area contributed by atoms with Crippen LogP contribution >= 0.6 is 24.0 Å². The highest BCUT2D eigenvalue weighted by Gasteiger charge is 2.35. The number of hydrogen-bond acceptors (Lipinski definition) is 3. The van der Waals surface area contributed by atoms with Gasteiger partial charge in [-0.25, -0.2) is 9.97 Å². The Bertz CT molecular complexity index is 968. The van der Waals surface area contributed by atoms with Crippen LogP contribution in [0.15, 0.2) is 42.9 Å².